The Kier molecular flexibility index (Phi) is 9.00. The van der Waals surface area contributed by atoms with Crippen molar-refractivity contribution in [3.8, 4) is 0 Å². The molecule has 6 nitrogen and oxygen atoms in total. The van der Waals surface area contributed by atoms with Crippen molar-refractivity contribution in [1.82, 2.24) is 9.97 Å². The quantitative estimate of drug-likeness (QED) is 0.492. The average Bonchev–Trinajstić information content (AvgIpc) is 2.29. The predicted octanol–water partition coefficient (Wildman–Crippen LogP) is -1.70. The molecule has 0 atom stereocenters. The van der Waals surface area contributed by atoms with Crippen LogP contribution in [0.4, 0.5) is 17.8 Å². The van der Waals surface area contributed by atoms with Crippen molar-refractivity contribution >= 4 is 17.8 Å². The molecule has 1 heterocycles. The van der Waals surface area contributed by atoms with Gasteiger partial charge in [0.05, 0.1) is 0 Å². The Morgan fingerprint density at radius 1 is 1.00 bits per heavy atom. The van der Waals surface area contributed by atoms with Crippen LogP contribution in [0.2, 0.25) is 0 Å². The van der Waals surface area contributed by atoms with Crippen molar-refractivity contribution in [1.29, 1.82) is 0 Å². The van der Waals surface area contributed by atoms with Gasteiger partial charge in [-0.2, -0.15) is 0 Å². The number of rotatable bonds is 8. The van der Waals surface area contributed by atoms with Crippen molar-refractivity contribution in [2.24, 2.45) is 0 Å². The van der Waals surface area contributed by atoms with Crippen LogP contribution in [0.15, 0.2) is 0 Å². The Hall–Kier alpha value is -1.30. The number of anilines is 3. The second-order valence-corrected chi connectivity index (χ2v) is 3.96. The molecule has 5 N–H and O–H groups in total. The number of hydrogen-bond acceptors (Lipinski definition) is 5. The molecule has 7 heteroatoms. The van der Waals surface area contributed by atoms with Crippen LogP contribution in [0.3, 0.4) is 0 Å². The summed E-state index contributed by atoms with van der Waals surface area (Å²) in [6.07, 6.45) is 4.51. The molecule has 18 heavy (non-hydrogen) atoms. The Bertz CT molecular complexity index is 305. The Morgan fingerprint density at radius 3 is 1.83 bits per heavy atom. The van der Waals surface area contributed by atoms with Gasteiger partial charge in [0.15, 0.2) is 0 Å². The third kappa shape index (κ3) is 6.44. The molecular weight excluding hydrogens is 252 g/mol. The third-order valence-electron chi connectivity index (χ3n) is 2.34. The molecule has 0 spiro atoms. The molecule has 0 saturated carbocycles. The van der Waals surface area contributed by atoms with E-state index >= 15 is 0 Å². The van der Waals surface area contributed by atoms with Gasteiger partial charge in [0.1, 0.15) is 0 Å². The highest BCUT2D eigenvalue weighted by Gasteiger charge is 2.09. The van der Waals surface area contributed by atoms with Crippen LogP contribution >= 0.6 is 0 Å². The van der Waals surface area contributed by atoms with Gasteiger partial charge in [0.2, 0.25) is 0 Å². The number of hydrogen-bond donors (Lipinski definition) is 3. The second kappa shape index (κ2) is 9.70. The van der Waals surface area contributed by atoms with Gasteiger partial charge in [-0.15, -0.1) is 0 Å². The number of aromatic nitrogens is 3. The van der Waals surface area contributed by atoms with Gasteiger partial charge in [-0.3, -0.25) is 0 Å². The standard InChI is InChI=1S/C11H22N6.ClH/c1-3-5-7-13-10-15-9(12)16-11(17-10)14-8-6-4-2;/h3-8H2,1-2H3,(H4,12,13,14,15,16,17);1H. The molecule has 1 aromatic rings. The molecule has 0 fully saturated rings. The van der Waals surface area contributed by atoms with Crippen molar-refractivity contribution in [2.75, 3.05) is 29.5 Å². The predicted molar refractivity (Wildman–Crippen MR) is 69.8 cm³/mol. The maximum Gasteiger partial charge on any atom is 0.322 e. The van der Waals surface area contributed by atoms with Gasteiger partial charge in [-0.1, -0.05) is 36.7 Å². The Morgan fingerprint density at radius 2 is 1.44 bits per heavy atom. The number of halogens is 1. The van der Waals surface area contributed by atoms with Crippen LogP contribution in [0.5, 0.6) is 0 Å². The minimum absolute atomic E-state index is 0. The highest BCUT2D eigenvalue weighted by atomic mass is 35.5. The van der Waals surface area contributed by atoms with Crippen molar-refractivity contribution < 1.29 is 17.4 Å². The van der Waals surface area contributed by atoms with Crippen LogP contribution in [-0.4, -0.2) is 23.1 Å². The first-order valence-electron chi connectivity index (χ1n) is 6.30. The van der Waals surface area contributed by atoms with Crippen molar-refractivity contribution in [3.05, 3.63) is 0 Å². The molecule has 0 bridgehead atoms. The normalized spacial score (nSPS) is 9.67. The first kappa shape index (κ1) is 16.7. The first-order chi connectivity index (χ1) is 8.26. The van der Waals surface area contributed by atoms with Gasteiger partial charge in [-0.25, -0.2) is 4.98 Å². The SMILES string of the molecule is CCCCNc1nc(N)nc(NCCCC)[nH+]1.[Cl-]. The number of nitrogen functional groups attached to an aromatic ring is 1. The van der Waals surface area contributed by atoms with Crippen LogP contribution in [0, 0.1) is 0 Å². The molecule has 0 amide bonds. The van der Waals surface area contributed by atoms with E-state index < -0.39 is 0 Å². The number of unbranched alkanes of at least 4 members (excludes halogenated alkanes) is 2. The maximum atomic E-state index is 5.65. The van der Waals surface area contributed by atoms with E-state index in [0.29, 0.717) is 11.9 Å². The van der Waals surface area contributed by atoms with Crippen LogP contribution in [0.1, 0.15) is 39.5 Å². The second-order valence-electron chi connectivity index (χ2n) is 3.96. The molecule has 0 radical (unpaired) electrons. The van der Waals surface area contributed by atoms with Gasteiger partial charge < -0.3 is 28.8 Å². The zero-order valence-electron chi connectivity index (χ0n) is 11.1. The summed E-state index contributed by atoms with van der Waals surface area (Å²) in [4.78, 5) is 11.3. The van der Waals surface area contributed by atoms with E-state index in [-0.39, 0.29) is 18.4 Å². The lowest BCUT2D eigenvalue weighted by atomic mass is 10.3. The molecule has 0 aliphatic carbocycles. The lowest BCUT2D eigenvalue weighted by molar-refractivity contribution is -0.352. The van der Waals surface area contributed by atoms with Crippen LogP contribution in [-0.2, 0) is 0 Å². The van der Waals surface area contributed by atoms with Crippen LogP contribution < -0.4 is 33.8 Å². The molecule has 104 valence electrons. The van der Waals surface area contributed by atoms with Crippen LogP contribution in [0.25, 0.3) is 0 Å². The topological polar surface area (TPSA) is 90.0 Å². The molecular formula is C11H23ClN6. The average molecular weight is 275 g/mol. The molecule has 0 aliphatic heterocycles. The summed E-state index contributed by atoms with van der Waals surface area (Å²) in [7, 11) is 0. The van der Waals surface area contributed by atoms with Gasteiger partial charge in [-0.05, 0) is 12.8 Å². The lowest BCUT2D eigenvalue weighted by Crippen LogP contribution is -3.00. The van der Waals surface area contributed by atoms with E-state index in [1.807, 2.05) is 0 Å². The Labute approximate surface area is 115 Å². The third-order valence-corrected chi connectivity index (χ3v) is 2.34. The van der Waals surface area contributed by atoms with E-state index in [1.165, 1.54) is 0 Å². The molecule has 1 aromatic heterocycles. The highest BCUT2D eigenvalue weighted by Crippen LogP contribution is 2.01. The number of aromatic amines is 1. The monoisotopic (exact) mass is 274 g/mol. The summed E-state index contributed by atoms with van der Waals surface area (Å²) in [6.45, 7) is 6.07. The summed E-state index contributed by atoms with van der Waals surface area (Å²) in [5.41, 5.74) is 5.65. The van der Waals surface area contributed by atoms with Gasteiger partial charge >= 0.3 is 17.8 Å². The summed E-state index contributed by atoms with van der Waals surface area (Å²) in [6, 6.07) is 0. The molecule has 0 unspecified atom stereocenters. The maximum absolute atomic E-state index is 5.65. The largest absolute Gasteiger partial charge is 1.00 e. The van der Waals surface area contributed by atoms with Crippen molar-refractivity contribution in [3.63, 3.8) is 0 Å². The number of nitrogens with zero attached hydrogens (tertiary/aromatic N) is 2. The van der Waals surface area contributed by atoms with E-state index in [4.69, 9.17) is 5.73 Å². The summed E-state index contributed by atoms with van der Waals surface area (Å²) >= 11 is 0. The first-order valence-corrected chi connectivity index (χ1v) is 6.30. The molecule has 0 aromatic carbocycles. The zero-order valence-corrected chi connectivity index (χ0v) is 11.8. The van der Waals surface area contributed by atoms with E-state index in [0.717, 1.165) is 38.8 Å². The molecule has 1 rings (SSSR count). The van der Waals surface area contributed by atoms with Gasteiger partial charge in [0, 0.05) is 13.1 Å². The van der Waals surface area contributed by atoms with Crippen molar-refractivity contribution in [2.45, 2.75) is 39.5 Å². The van der Waals surface area contributed by atoms with Gasteiger partial charge in [0.25, 0.3) is 0 Å². The molecule has 0 aliphatic rings. The number of H-pyrrole nitrogens is 1. The Balaban J connectivity index is 0.00000289. The van der Waals surface area contributed by atoms with E-state index in [9.17, 15) is 0 Å². The fraction of sp³-hybridized carbons (Fsp3) is 0.727. The molecule has 0 saturated heterocycles. The fourth-order valence-electron chi connectivity index (χ4n) is 1.36. The fourth-order valence-corrected chi connectivity index (χ4v) is 1.36. The van der Waals surface area contributed by atoms with E-state index in [1.54, 1.807) is 0 Å². The minimum atomic E-state index is 0. The zero-order chi connectivity index (χ0) is 12.5. The summed E-state index contributed by atoms with van der Waals surface area (Å²) in [5, 5.41) is 6.38. The summed E-state index contributed by atoms with van der Waals surface area (Å²) in [5.74, 6) is 1.62. The smallest absolute Gasteiger partial charge is 0.322 e. The lowest BCUT2D eigenvalue weighted by Gasteiger charge is -2.03. The number of nitrogens with two attached hydrogens (primary N) is 1. The van der Waals surface area contributed by atoms with E-state index in [2.05, 4.69) is 39.4 Å². The number of nitrogens with one attached hydrogen (secondary N) is 3. The summed E-state index contributed by atoms with van der Waals surface area (Å²) < 4.78 is 0. The minimum Gasteiger partial charge on any atom is -1.00 e. The highest BCUT2D eigenvalue weighted by molar-refractivity contribution is 5.31.